The molecule has 3 N–H and O–H groups in total. The fourth-order valence-electron chi connectivity index (χ4n) is 2.85. The first-order chi connectivity index (χ1) is 13.0. The number of ketones is 1. The van der Waals surface area contributed by atoms with Gasteiger partial charge in [-0.1, -0.05) is 56.9 Å². The zero-order valence-electron chi connectivity index (χ0n) is 16.5. The maximum absolute atomic E-state index is 12.6. The molecule has 0 radical (unpaired) electrons. The lowest BCUT2D eigenvalue weighted by Crippen LogP contribution is -2.44. The van der Waals surface area contributed by atoms with Crippen molar-refractivity contribution in [2.24, 2.45) is 5.73 Å². The molecule has 0 aliphatic rings. The molecule has 27 heavy (non-hydrogen) atoms. The number of hydrogen-bond acceptors (Lipinski definition) is 4. The minimum absolute atomic E-state index is 0.141. The first-order valence-corrected chi connectivity index (χ1v) is 9.63. The lowest BCUT2D eigenvalue weighted by atomic mass is 10.00. The number of primary amides is 1. The summed E-state index contributed by atoms with van der Waals surface area (Å²) in [4.78, 5) is 36.0. The van der Waals surface area contributed by atoms with Gasteiger partial charge < -0.3 is 15.8 Å². The zero-order valence-corrected chi connectivity index (χ0v) is 16.5. The van der Waals surface area contributed by atoms with Crippen LogP contribution in [0.1, 0.15) is 63.0 Å². The third kappa shape index (κ3) is 9.89. The Balaban J connectivity index is 2.57. The molecule has 2 amide bonds. The number of Topliss-reactive ketones (excluding diaryl/α,β-unsaturated/α-hetero) is 1. The molecule has 0 aliphatic heterocycles. The molecule has 0 spiro atoms. The summed E-state index contributed by atoms with van der Waals surface area (Å²) in [6.07, 6.45) is 5.50. The van der Waals surface area contributed by atoms with Crippen LogP contribution in [0.4, 0.5) is 0 Å². The highest BCUT2D eigenvalue weighted by Gasteiger charge is 2.22. The van der Waals surface area contributed by atoms with Gasteiger partial charge in [-0.05, 0) is 17.5 Å². The highest BCUT2D eigenvalue weighted by atomic mass is 16.5. The molecule has 0 saturated heterocycles. The molecule has 1 atom stereocenters. The molecule has 0 fully saturated rings. The highest BCUT2D eigenvalue weighted by Crippen LogP contribution is 2.10. The Bertz CT molecular complexity index is 599. The van der Waals surface area contributed by atoms with E-state index in [4.69, 9.17) is 10.5 Å². The van der Waals surface area contributed by atoms with Crippen LogP contribution in [0.25, 0.3) is 0 Å². The van der Waals surface area contributed by atoms with Crippen LogP contribution in [0, 0.1) is 0 Å². The van der Waals surface area contributed by atoms with Gasteiger partial charge in [0.05, 0.1) is 19.1 Å². The van der Waals surface area contributed by atoms with Gasteiger partial charge in [0.2, 0.25) is 11.8 Å². The largest absolute Gasteiger partial charge is 0.380 e. The number of nitrogens with one attached hydrogen (secondary N) is 1. The van der Waals surface area contributed by atoms with Crippen molar-refractivity contribution in [3.05, 3.63) is 35.4 Å². The highest BCUT2D eigenvalue weighted by molar-refractivity contribution is 5.93. The number of benzene rings is 1. The summed E-state index contributed by atoms with van der Waals surface area (Å²) in [5, 5.41) is 2.68. The van der Waals surface area contributed by atoms with E-state index in [2.05, 4.69) is 12.2 Å². The van der Waals surface area contributed by atoms with Gasteiger partial charge in [-0.3, -0.25) is 14.4 Å². The third-order valence-electron chi connectivity index (χ3n) is 4.35. The van der Waals surface area contributed by atoms with E-state index in [-0.39, 0.29) is 24.5 Å². The van der Waals surface area contributed by atoms with Crippen LogP contribution < -0.4 is 11.1 Å². The smallest absolute Gasteiger partial charge is 0.220 e. The second kappa shape index (κ2) is 13.0. The molecule has 0 unspecified atom stereocenters. The molecule has 150 valence electrons. The molecule has 0 aromatic heterocycles. The summed E-state index contributed by atoms with van der Waals surface area (Å²) in [5.74, 6) is -1.03. The molecule has 0 bridgehead atoms. The second-order valence-corrected chi connectivity index (χ2v) is 6.85. The molecule has 1 aromatic rings. The summed E-state index contributed by atoms with van der Waals surface area (Å²) in [7, 11) is 1.62. The van der Waals surface area contributed by atoms with Crippen LogP contribution in [0.15, 0.2) is 24.3 Å². The maximum Gasteiger partial charge on any atom is 0.220 e. The summed E-state index contributed by atoms with van der Waals surface area (Å²) < 4.78 is 5.06. The van der Waals surface area contributed by atoms with Crippen molar-refractivity contribution in [1.82, 2.24) is 5.32 Å². The fourth-order valence-corrected chi connectivity index (χ4v) is 2.85. The van der Waals surface area contributed by atoms with E-state index < -0.39 is 11.9 Å². The van der Waals surface area contributed by atoms with Gasteiger partial charge in [-0.2, -0.15) is 0 Å². The summed E-state index contributed by atoms with van der Waals surface area (Å²) >= 11 is 0. The molecule has 1 aromatic carbocycles. The molecular formula is C21H32N2O4. The summed E-state index contributed by atoms with van der Waals surface area (Å²) in [6.45, 7) is 2.64. The SMILES string of the molecule is CCCCCCCC(=O)N[C@H](CC(N)=O)C(=O)Cc1ccc(COC)cc1. The fraction of sp³-hybridized carbons (Fsp3) is 0.571. The number of ether oxygens (including phenoxy) is 1. The van der Waals surface area contributed by atoms with Gasteiger partial charge in [0, 0.05) is 20.0 Å². The predicted molar refractivity (Wildman–Crippen MR) is 105 cm³/mol. The van der Waals surface area contributed by atoms with Crippen molar-refractivity contribution in [2.45, 2.75) is 70.9 Å². The quantitative estimate of drug-likeness (QED) is 0.488. The Kier molecular flexibility index (Phi) is 11.0. The van der Waals surface area contributed by atoms with Crippen LogP contribution in [0.5, 0.6) is 0 Å². The van der Waals surface area contributed by atoms with Crippen molar-refractivity contribution in [2.75, 3.05) is 7.11 Å². The van der Waals surface area contributed by atoms with Gasteiger partial charge in [-0.15, -0.1) is 0 Å². The van der Waals surface area contributed by atoms with Gasteiger partial charge in [0.25, 0.3) is 0 Å². The Labute approximate surface area is 161 Å². The van der Waals surface area contributed by atoms with Crippen molar-refractivity contribution >= 4 is 17.6 Å². The number of nitrogens with two attached hydrogens (primary N) is 1. The molecule has 1 rings (SSSR count). The standard InChI is InChI=1S/C21H32N2O4/c1-3-4-5-6-7-8-21(26)23-18(14-20(22)25)19(24)13-16-9-11-17(12-10-16)15-27-2/h9-12,18H,3-8,13-15H2,1-2H3,(H2,22,25)(H,23,26)/t18-/m1/s1. The van der Waals surface area contributed by atoms with Crippen molar-refractivity contribution in [3.8, 4) is 0 Å². The van der Waals surface area contributed by atoms with E-state index >= 15 is 0 Å². The topological polar surface area (TPSA) is 98.5 Å². The van der Waals surface area contributed by atoms with E-state index in [1.165, 1.54) is 0 Å². The number of unbranched alkanes of at least 4 members (excludes halogenated alkanes) is 4. The average molecular weight is 376 g/mol. The van der Waals surface area contributed by atoms with E-state index in [1.807, 2.05) is 24.3 Å². The number of rotatable bonds is 14. The minimum Gasteiger partial charge on any atom is -0.380 e. The van der Waals surface area contributed by atoms with Crippen LogP contribution in [-0.4, -0.2) is 30.7 Å². The van der Waals surface area contributed by atoms with Gasteiger partial charge in [0.1, 0.15) is 0 Å². The first-order valence-electron chi connectivity index (χ1n) is 9.63. The number of hydrogen-bond donors (Lipinski definition) is 2. The van der Waals surface area contributed by atoms with Gasteiger partial charge >= 0.3 is 0 Å². The number of amides is 2. The van der Waals surface area contributed by atoms with Crippen molar-refractivity contribution in [3.63, 3.8) is 0 Å². The molecular weight excluding hydrogens is 344 g/mol. The molecule has 0 aliphatic carbocycles. The Morgan fingerprint density at radius 2 is 1.67 bits per heavy atom. The lowest BCUT2D eigenvalue weighted by molar-refractivity contribution is -0.129. The maximum atomic E-state index is 12.6. The Hall–Kier alpha value is -2.21. The third-order valence-corrected chi connectivity index (χ3v) is 4.35. The van der Waals surface area contributed by atoms with Crippen molar-refractivity contribution < 1.29 is 19.1 Å². The van der Waals surface area contributed by atoms with E-state index in [0.717, 1.165) is 43.2 Å². The van der Waals surface area contributed by atoms with Crippen LogP contribution >= 0.6 is 0 Å². The number of carbonyl (C=O) groups is 3. The van der Waals surface area contributed by atoms with Crippen LogP contribution in [0.3, 0.4) is 0 Å². The van der Waals surface area contributed by atoms with Crippen LogP contribution in [-0.2, 0) is 32.1 Å². The number of methoxy groups -OCH3 is 1. The molecule has 6 heteroatoms. The Morgan fingerprint density at radius 3 is 2.26 bits per heavy atom. The summed E-state index contributed by atoms with van der Waals surface area (Å²) in [6, 6.07) is 6.62. The normalized spacial score (nSPS) is 11.8. The zero-order chi connectivity index (χ0) is 20.1. The first kappa shape index (κ1) is 22.8. The molecule has 0 heterocycles. The predicted octanol–water partition coefficient (Wildman–Crippen LogP) is 2.67. The van der Waals surface area contributed by atoms with E-state index in [1.54, 1.807) is 7.11 Å². The molecule has 0 saturated carbocycles. The van der Waals surface area contributed by atoms with Gasteiger partial charge in [-0.25, -0.2) is 0 Å². The van der Waals surface area contributed by atoms with E-state index in [0.29, 0.717) is 13.0 Å². The minimum atomic E-state index is -0.871. The second-order valence-electron chi connectivity index (χ2n) is 6.85. The van der Waals surface area contributed by atoms with Gasteiger partial charge in [0.15, 0.2) is 5.78 Å². The van der Waals surface area contributed by atoms with Crippen LogP contribution in [0.2, 0.25) is 0 Å². The monoisotopic (exact) mass is 376 g/mol. The summed E-state index contributed by atoms with van der Waals surface area (Å²) in [5.41, 5.74) is 7.09. The average Bonchev–Trinajstić information content (AvgIpc) is 2.62. The molecule has 6 nitrogen and oxygen atoms in total. The van der Waals surface area contributed by atoms with Crippen molar-refractivity contribution in [1.29, 1.82) is 0 Å². The Morgan fingerprint density at radius 1 is 1.04 bits per heavy atom. The van der Waals surface area contributed by atoms with E-state index in [9.17, 15) is 14.4 Å². The number of carbonyl (C=O) groups excluding carboxylic acids is 3. The lowest BCUT2D eigenvalue weighted by Gasteiger charge is -2.16.